The van der Waals surface area contributed by atoms with Crippen LogP contribution in [0.15, 0.2) is 71.6 Å². The summed E-state index contributed by atoms with van der Waals surface area (Å²) in [4.78, 5) is 13.0. The number of nitrogens with one attached hydrogen (secondary N) is 1. The van der Waals surface area contributed by atoms with Crippen molar-refractivity contribution in [2.75, 3.05) is 10.8 Å². The Bertz CT molecular complexity index is 1290. The quantitative estimate of drug-likeness (QED) is 0.669. The van der Waals surface area contributed by atoms with Gasteiger partial charge in [0.05, 0.1) is 16.6 Å². The van der Waals surface area contributed by atoms with Crippen LogP contribution in [-0.2, 0) is 21.2 Å². The second-order valence-corrected chi connectivity index (χ2v) is 9.71. The highest BCUT2D eigenvalue weighted by Gasteiger charge is 2.36. The topological polar surface area (TPSA) is 66.5 Å². The van der Waals surface area contributed by atoms with Gasteiger partial charge in [-0.15, -0.1) is 0 Å². The largest absolute Gasteiger partial charge is 0.348 e. The Morgan fingerprint density at radius 2 is 1.81 bits per heavy atom. The first-order valence-corrected chi connectivity index (χ1v) is 11.7. The Morgan fingerprint density at radius 1 is 1.03 bits per heavy atom. The van der Waals surface area contributed by atoms with Crippen LogP contribution in [0.25, 0.3) is 11.1 Å². The predicted octanol–water partition coefficient (Wildman–Crippen LogP) is 4.20. The van der Waals surface area contributed by atoms with Crippen molar-refractivity contribution in [3.8, 4) is 11.1 Å². The summed E-state index contributed by atoms with van der Waals surface area (Å²) in [6.45, 7) is -0.367. The Hall–Kier alpha value is -3.19. The number of rotatable bonds is 3. The van der Waals surface area contributed by atoms with Crippen molar-refractivity contribution in [3.63, 3.8) is 0 Å². The molecule has 31 heavy (non-hydrogen) atoms. The van der Waals surface area contributed by atoms with Gasteiger partial charge in [-0.05, 0) is 54.7 Å². The monoisotopic (exact) mass is 436 g/mol. The molecule has 1 heterocycles. The molecule has 1 aliphatic heterocycles. The average molecular weight is 437 g/mol. The van der Waals surface area contributed by atoms with E-state index in [9.17, 15) is 17.6 Å². The summed E-state index contributed by atoms with van der Waals surface area (Å²) in [7, 11) is -3.96. The van der Waals surface area contributed by atoms with Crippen LogP contribution in [0, 0.1) is 5.82 Å². The lowest BCUT2D eigenvalue weighted by Crippen LogP contribution is -2.43. The van der Waals surface area contributed by atoms with Crippen LogP contribution in [0.5, 0.6) is 0 Å². The van der Waals surface area contributed by atoms with E-state index in [1.807, 2.05) is 18.2 Å². The maximum absolute atomic E-state index is 14.0. The fourth-order valence-corrected chi connectivity index (χ4v) is 6.20. The third kappa shape index (κ3) is 3.39. The summed E-state index contributed by atoms with van der Waals surface area (Å²) in [5.41, 5.74) is 3.49. The van der Waals surface area contributed by atoms with E-state index in [2.05, 4.69) is 11.4 Å². The van der Waals surface area contributed by atoms with Gasteiger partial charge in [0.15, 0.2) is 0 Å². The molecule has 0 aromatic heterocycles. The molecule has 1 aliphatic carbocycles. The first kappa shape index (κ1) is 19.8. The molecule has 1 amide bonds. The summed E-state index contributed by atoms with van der Waals surface area (Å²) < 4.78 is 41.7. The summed E-state index contributed by atoms with van der Waals surface area (Å²) in [6, 6.07) is 18.3. The van der Waals surface area contributed by atoms with Crippen molar-refractivity contribution < 1.29 is 17.6 Å². The fraction of sp³-hybridized carbons (Fsp3) is 0.208. The first-order chi connectivity index (χ1) is 14.9. The minimum Gasteiger partial charge on any atom is -0.348 e. The molecule has 5 rings (SSSR count). The highest BCUT2D eigenvalue weighted by Crippen LogP contribution is 2.43. The van der Waals surface area contributed by atoms with Gasteiger partial charge < -0.3 is 5.32 Å². The SMILES string of the molecule is O=C(CN1c2ccc(F)cc2-c2ccccc2S1(=O)=O)NC1CCCc2ccccc21. The van der Waals surface area contributed by atoms with E-state index in [0.29, 0.717) is 16.8 Å². The molecule has 2 aliphatic rings. The van der Waals surface area contributed by atoms with Gasteiger partial charge in [0.25, 0.3) is 10.0 Å². The highest BCUT2D eigenvalue weighted by atomic mass is 32.2. The molecule has 0 bridgehead atoms. The van der Waals surface area contributed by atoms with Crippen LogP contribution in [0.1, 0.15) is 30.0 Å². The fourth-order valence-electron chi connectivity index (χ4n) is 4.55. The number of hydrogen-bond acceptors (Lipinski definition) is 3. The molecule has 0 saturated carbocycles. The van der Waals surface area contributed by atoms with Crippen molar-refractivity contribution in [1.82, 2.24) is 5.32 Å². The van der Waals surface area contributed by atoms with Gasteiger partial charge in [-0.1, -0.05) is 42.5 Å². The Labute approximate surface area is 180 Å². The van der Waals surface area contributed by atoms with Crippen molar-refractivity contribution in [3.05, 3.63) is 83.7 Å². The van der Waals surface area contributed by atoms with Crippen LogP contribution in [0.4, 0.5) is 10.1 Å². The summed E-state index contributed by atoms with van der Waals surface area (Å²) in [6.07, 6.45) is 2.73. The molecular weight excluding hydrogens is 415 g/mol. The predicted molar refractivity (Wildman–Crippen MR) is 117 cm³/mol. The van der Waals surface area contributed by atoms with Crippen LogP contribution in [0.2, 0.25) is 0 Å². The van der Waals surface area contributed by atoms with E-state index in [-0.39, 0.29) is 23.4 Å². The summed E-state index contributed by atoms with van der Waals surface area (Å²) >= 11 is 0. The molecule has 1 atom stereocenters. The minimum atomic E-state index is -3.96. The van der Waals surface area contributed by atoms with Gasteiger partial charge in [-0.25, -0.2) is 12.8 Å². The van der Waals surface area contributed by atoms with Gasteiger partial charge in [0, 0.05) is 11.1 Å². The zero-order chi connectivity index (χ0) is 21.6. The molecule has 3 aromatic carbocycles. The smallest absolute Gasteiger partial charge is 0.265 e. The number of hydrogen-bond donors (Lipinski definition) is 1. The maximum Gasteiger partial charge on any atom is 0.265 e. The number of carbonyl (C=O) groups excluding carboxylic acids is 1. The number of nitrogens with zero attached hydrogens (tertiary/aromatic N) is 1. The van der Waals surface area contributed by atoms with Crippen LogP contribution in [-0.4, -0.2) is 20.9 Å². The second kappa shape index (κ2) is 7.50. The number of benzene rings is 3. The molecule has 0 fully saturated rings. The molecule has 1 unspecified atom stereocenters. The first-order valence-electron chi connectivity index (χ1n) is 10.2. The zero-order valence-corrected chi connectivity index (χ0v) is 17.5. The van der Waals surface area contributed by atoms with Crippen LogP contribution >= 0.6 is 0 Å². The van der Waals surface area contributed by atoms with E-state index >= 15 is 0 Å². The van der Waals surface area contributed by atoms with Crippen molar-refractivity contribution in [1.29, 1.82) is 0 Å². The third-order valence-corrected chi connectivity index (χ3v) is 7.78. The van der Waals surface area contributed by atoms with E-state index in [1.165, 1.54) is 29.8 Å². The van der Waals surface area contributed by atoms with Gasteiger partial charge in [0.2, 0.25) is 5.91 Å². The molecule has 1 N–H and O–H groups in total. The zero-order valence-electron chi connectivity index (χ0n) is 16.7. The van der Waals surface area contributed by atoms with E-state index in [4.69, 9.17) is 0 Å². The second-order valence-electron chi connectivity index (χ2n) is 7.88. The van der Waals surface area contributed by atoms with Gasteiger partial charge >= 0.3 is 0 Å². The molecule has 7 heteroatoms. The van der Waals surface area contributed by atoms with E-state index < -0.39 is 15.8 Å². The Kier molecular flexibility index (Phi) is 4.78. The third-order valence-electron chi connectivity index (χ3n) is 5.96. The molecular formula is C24H21FN2O3S. The number of amides is 1. The molecule has 0 spiro atoms. The lowest BCUT2D eigenvalue weighted by molar-refractivity contribution is -0.120. The minimum absolute atomic E-state index is 0.0731. The van der Waals surface area contributed by atoms with Gasteiger partial charge in [0.1, 0.15) is 12.4 Å². The number of halogens is 1. The standard InChI is InChI=1S/C24H21FN2O3S/c25-17-12-13-22-20(14-17)19-9-3-4-11-23(19)31(29,30)27(22)15-24(28)26-21-10-5-7-16-6-1-2-8-18(16)21/h1-4,6,8-9,11-14,21H,5,7,10,15H2,(H,26,28). The van der Waals surface area contributed by atoms with Crippen LogP contribution in [0.3, 0.4) is 0 Å². The lowest BCUT2D eigenvalue weighted by Gasteiger charge is -2.32. The molecule has 158 valence electrons. The number of sulfonamides is 1. The number of aryl methyl sites for hydroxylation is 1. The summed E-state index contributed by atoms with van der Waals surface area (Å²) in [5.74, 6) is -0.851. The molecule has 5 nitrogen and oxygen atoms in total. The average Bonchev–Trinajstić information content (AvgIpc) is 2.77. The number of anilines is 1. The van der Waals surface area contributed by atoms with Crippen molar-refractivity contribution in [2.45, 2.75) is 30.2 Å². The maximum atomic E-state index is 14.0. The van der Waals surface area contributed by atoms with Crippen LogP contribution < -0.4 is 9.62 Å². The lowest BCUT2D eigenvalue weighted by atomic mass is 9.88. The Balaban J connectivity index is 1.48. The highest BCUT2D eigenvalue weighted by molar-refractivity contribution is 7.93. The van der Waals surface area contributed by atoms with E-state index in [1.54, 1.807) is 18.2 Å². The van der Waals surface area contributed by atoms with Crippen molar-refractivity contribution in [2.24, 2.45) is 0 Å². The van der Waals surface area contributed by atoms with Crippen molar-refractivity contribution >= 4 is 21.6 Å². The molecule has 0 radical (unpaired) electrons. The number of carbonyl (C=O) groups is 1. The Morgan fingerprint density at radius 3 is 2.68 bits per heavy atom. The van der Waals surface area contributed by atoms with Gasteiger partial charge in [-0.2, -0.15) is 0 Å². The molecule has 3 aromatic rings. The number of fused-ring (bicyclic) bond motifs is 4. The normalized spacial score (nSPS) is 18.5. The van der Waals surface area contributed by atoms with E-state index in [0.717, 1.165) is 29.1 Å². The summed E-state index contributed by atoms with van der Waals surface area (Å²) in [5, 5.41) is 3.01. The van der Waals surface area contributed by atoms with Gasteiger partial charge in [-0.3, -0.25) is 9.10 Å². The molecule has 0 saturated heterocycles.